The molecule has 1 aromatic carbocycles. The number of amides is 2. The SMILES string of the molecule is CN(CC(F)F)C(=O)Nc1ccc(CC(=O)O)cc1. The predicted molar refractivity (Wildman–Crippen MR) is 65.4 cm³/mol. The number of urea groups is 1. The first-order valence-electron chi connectivity index (χ1n) is 5.49. The molecule has 2 amide bonds. The van der Waals surface area contributed by atoms with Crippen LogP contribution in [-0.4, -0.2) is 42.0 Å². The molecule has 2 N–H and O–H groups in total. The molecule has 104 valence electrons. The molecule has 0 spiro atoms. The highest BCUT2D eigenvalue weighted by Gasteiger charge is 2.13. The van der Waals surface area contributed by atoms with Gasteiger partial charge in [0, 0.05) is 12.7 Å². The van der Waals surface area contributed by atoms with E-state index >= 15 is 0 Å². The van der Waals surface area contributed by atoms with Gasteiger partial charge in [-0.15, -0.1) is 0 Å². The van der Waals surface area contributed by atoms with Crippen LogP contribution in [0.3, 0.4) is 0 Å². The van der Waals surface area contributed by atoms with E-state index in [0.29, 0.717) is 11.3 Å². The summed E-state index contributed by atoms with van der Waals surface area (Å²) >= 11 is 0. The number of aliphatic carboxylic acids is 1. The molecule has 0 aliphatic rings. The molecule has 0 unspecified atom stereocenters. The minimum atomic E-state index is -2.59. The summed E-state index contributed by atoms with van der Waals surface area (Å²) in [6.45, 7) is -0.650. The number of alkyl halides is 2. The lowest BCUT2D eigenvalue weighted by Crippen LogP contribution is -2.34. The summed E-state index contributed by atoms with van der Waals surface area (Å²) < 4.78 is 24.2. The van der Waals surface area contributed by atoms with Crippen LogP contribution in [0.15, 0.2) is 24.3 Å². The Morgan fingerprint density at radius 3 is 2.37 bits per heavy atom. The van der Waals surface area contributed by atoms with E-state index in [0.717, 1.165) is 4.90 Å². The van der Waals surface area contributed by atoms with Crippen molar-refractivity contribution in [3.63, 3.8) is 0 Å². The Labute approximate surface area is 108 Å². The minimum absolute atomic E-state index is 0.112. The quantitative estimate of drug-likeness (QED) is 0.861. The first-order chi connectivity index (χ1) is 8.88. The van der Waals surface area contributed by atoms with Crippen LogP contribution < -0.4 is 5.32 Å². The summed E-state index contributed by atoms with van der Waals surface area (Å²) in [5.41, 5.74) is 1.01. The standard InChI is InChI=1S/C12H14F2N2O3/c1-16(7-10(13)14)12(19)15-9-4-2-8(3-5-9)6-11(17)18/h2-5,10H,6-7H2,1H3,(H,15,19)(H,17,18). The van der Waals surface area contributed by atoms with Gasteiger partial charge in [-0.1, -0.05) is 12.1 Å². The molecule has 5 nitrogen and oxygen atoms in total. The van der Waals surface area contributed by atoms with Crippen LogP contribution in [0.25, 0.3) is 0 Å². The second-order valence-corrected chi connectivity index (χ2v) is 3.97. The number of carbonyl (C=O) groups excluding carboxylic acids is 1. The Morgan fingerprint density at radius 1 is 1.32 bits per heavy atom. The Bertz CT molecular complexity index is 449. The normalized spacial score (nSPS) is 10.3. The Kier molecular flexibility index (Phi) is 5.23. The molecular formula is C12H14F2N2O3. The number of carbonyl (C=O) groups is 2. The number of hydrogen-bond acceptors (Lipinski definition) is 2. The average molecular weight is 272 g/mol. The van der Waals surface area contributed by atoms with E-state index in [4.69, 9.17) is 5.11 Å². The minimum Gasteiger partial charge on any atom is -0.481 e. The zero-order chi connectivity index (χ0) is 14.4. The van der Waals surface area contributed by atoms with Crippen molar-refractivity contribution in [1.29, 1.82) is 0 Å². The van der Waals surface area contributed by atoms with Gasteiger partial charge in [0.25, 0.3) is 6.43 Å². The third-order valence-corrected chi connectivity index (χ3v) is 2.32. The molecule has 0 aliphatic carbocycles. The summed E-state index contributed by atoms with van der Waals surface area (Å²) in [5, 5.41) is 11.0. The number of nitrogens with one attached hydrogen (secondary N) is 1. The van der Waals surface area contributed by atoms with Gasteiger partial charge >= 0.3 is 12.0 Å². The number of nitrogens with zero attached hydrogens (tertiary/aromatic N) is 1. The maximum absolute atomic E-state index is 12.1. The molecule has 0 atom stereocenters. The van der Waals surface area contributed by atoms with Crippen LogP contribution >= 0.6 is 0 Å². The molecule has 0 radical (unpaired) electrons. The molecule has 7 heteroatoms. The first kappa shape index (κ1) is 14.9. The van der Waals surface area contributed by atoms with Crippen LogP contribution in [0.5, 0.6) is 0 Å². The molecule has 0 saturated carbocycles. The number of carboxylic acid groups (broad SMARTS) is 1. The van der Waals surface area contributed by atoms with Gasteiger partial charge in [-0.3, -0.25) is 4.79 Å². The highest BCUT2D eigenvalue weighted by atomic mass is 19.3. The van der Waals surface area contributed by atoms with Gasteiger partial charge < -0.3 is 15.3 Å². The number of hydrogen-bond donors (Lipinski definition) is 2. The number of rotatable bonds is 5. The fourth-order valence-electron chi connectivity index (χ4n) is 1.39. The van der Waals surface area contributed by atoms with E-state index < -0.39 is 25.0 Å². The van der Waals surface area contributed by atoms with Crippen molar-refractivity contribution >= 4 is 17.7 Å². The number of anilines is 1. The number of halogens is 2. The van der Waals surface area contributed by atoms with Crippen molar-refractivity contribution in [3.8, 4) is 0 Å². The highest BCUT2D eigenvalue weighted by molar-refractivity contribution is 5.89. The molecule has 0 saturated heterocycles. The van der Waals surface area contributed by atoms with Gasteiger partial charge in [0.05, 0.1) is 13.0 Å². The van der Waals surface area contributed by atoms with Crippen molar-refractivity contribution < 1.29 is 23.5 Å². The lowest BCUT2D eigenvalue weighted by molar-refractivity contribution is -0.136. The predicted octanol–water partition coefficient (Wildman–Crippen LogP) is 2.04. The maximum Gasteiger partial charge on any atom is 0.321 e. The van der Waals surface area contributed by atoms with Gasteiger partial charge in [-0.05, 0) is 17.7 Å². The van der Waals surface area contributed by atoms with E-state index in [1.54, 1.807) is 12.1 Å². The van der Waals surface area contributed by atoms with Crippen molar-refractivity contribution in [2.75, 3.05) is 18.9 Å². The molecule has 0 aliphatic heterocycles. The Balaban J connectivity index is 2.57. The lowest BCUT2D eigenvalue weighted by atomic mass is 10.1. The van der Waals surface area contributed by atoms with Gasteiger partial charge in [-0.2, -0.15) is 0 Å². The third kappa shape index (κ3) is 5.33. The van der Waals surface area contributed by atoms with E-state index in [9.17, 15) is 18.4 Å². The van der Waals surface area contributed by atoms with Crippen LogP contribution in [0.4, 0.5) is 19.3 Å². The zero-order valence-corrected chi connectivity index (χ0v) is 10.3. The zero-order valence-electron chi connectivity index (χ0n) is 10.3. The topological polar surface area (TPSA) is 69.6 Å². The van der Waals surface area contributed by atoms with Crippen LogP contribution in [0, 0.1) is 0 Å². The summed E-state index contributed by atoms with van der Waals surface area (Å²) in [7, 11) is 1.26. The van der Waals surface area contributed by atoms with Crippen molar-refractivity contribution in [1.82, 2.24) is 4.90 Å². The van der Waals surface area contributed by atoms with Gasteiger partial charge in [0.2, 0.25) is 0 Å². The Morgan fingerprint density at radius 2 is 1.89 bits per heavy atom. The van der Waals surface area contributed by atoms with Crippen LogP contribution in [0.1, 0.15) is 5.56 Å². The Hall–Kier alpha value is -2.18. The molecule has 0 heterocycles. The molecule has 0 bridgehead atoms. The third-order valence-electron chi connectivity index (χ3n) is 2.32. The molecule has 1 rings (SSSR count). The van der Waals surface area contributed by atoms with Gasteiger partial charge in [-0.25, -0.2) is 13.6 Å². The van der Waals surface area contributed by atoms with E-state index in [-0.39, 0.29) is 6.42 Å². The second-order valence-electron chi connectivity index (χ2n) is 3.97. The fourth-order valence-corrected chi connectivity index (χ4v) is 1.39. The van der Waals surface area contributed by atoms with Crippen LogP contribution in [-0.2, 0) is 11.2 Å². The van der Waals surface area contributed by atoms with Crippen molar-refractivity contribution in [2.45, 2.75) is 12.8 Å². The average Bonchev–Trinajstić information content (AvgIpc) is 2.30. The van der Waals surface area contributed by atoms with Gasteiger partial charge in [0.15, 0.2) is 0 Å². The van der Waals surface area contributed by atoms with Crippen molar-refractivity contribution in [3.05, 3.63) is 29.8 Å². The number of benzene rings is 1. The summed E-state index contributed by atoms with van der Waals surface area (Å²) in [5.74, 6) is -0.951. The molecular weight excluding hydrogens is 258 g/mol. The first-order valence-corrected chi connectivity index (χ1v) is 5.49. The molecule has 1 aromatic rings. The largest absolute Gasteiger partial charge is 0.481 e. The number of carboxylic acids is 1. The van der Waals surface area contributed by atoms with E-state index in [1.807, 2.05) is 0 Å². The molecule has 19 heavy (non-hydrogen) atoms. The van der Waals surface area contributed by atoms with Crippen LogP contribution in [0.2, 0.25) is 0 Å². The highest BCUT2D eigenvalue weighted by Crippen LogP contribution is 2.11. The smallest absolute Gasteiger partial charge is 0.321 e. The van der Waals surface area contributed by atoms with Gasteiger partial charge in [0.1, 0.15) is 0 Å². The monoisotopic (exact) mass is 272 g/mol. The molecule has 0 aromatic heterocycles. The fraction of sp³-hybridized carbons (Fsp3) is 0.333. The van der Waals surface area contributed by atoms with E-state index in [1.165, 1.54) is 19.2 Å². The molecule has 0 fully saturated rings. The summed E-state index contributed by atoms with van der Waals surface area (Å²) in [6.07, 6.45) is -2.70. The second kappa shape index (κ2) is 6.67. The lowest BCUT2D eigenvalue weighted by Gasteiger charge is -2.17. The summed E-state index contributed by atoms with van der Waals surface area (Å²) in [4.78, 5) is 22.8. The summed E-state index contributed by atoms with van der Waals surface area (Å²) in [6, 6.07) is 5.50. The van der Waals surface area contributed by atoms with E-state index in [2.05, 4.69) is 5.32 Å². The maximum atomic E-state index is 12.1. The van der Waals surface area contributed by atoms with Crippen molar-refractivity contribution in [2.24, 2.45) is 0 Å².